The van der Waals surface area contributed by atoms with Crippen molar-refractivity contribution in [1.29, 1.82) is 0 Å². The summed E-state index contributed by atoms with van der Waals surface area (Å²) in [5.74, 6) is 1.73. The van der Waals surface area contributed by atoms with Crippen LogP contribution in [0.2, 0.25) is 0 Å². The summed E-state index contributed by atoms with van der Waals surface area (Å²) in [6, 6.07) is 3.91. The summed E-state index contributed by atoms with van der Waals surface area (Å²) in [7, 11) is 0. The van der Waals surface area contributed by atoms with E-state index < -0.39 is 0 Å². The summed E-state index contributed by atoms with van der Waals surface area (Å²) in [5.41, 5.74) is 6.23. The number of thiophene rings is 1. The van der Waals surface area contributed by atoms with Gasteiger partial charge in [-0.3, -0.25) is 4.79 Å². The summed E-state index contributed by atoms with van der Waals surface area (Å²) >= 11 is 1.57. The first kappa shape index (κ1) is 15.2. The maximum Gasteiger partial charge on any atom is 0.236 e. The first-order chi connectivity index (χ1) is 10.5. The second kappa shape index (κ2) is 5.85. The number of nitrogens with one attached hydrogen (secondary N) is 1. The molecule has 1 atom stereocenters. The van der Waals surface area contributed by atoms with Crippen molar-refractivity contribution in [2.24, 2.45) is 11.7 Å². The van der Waals surface area contributed by atoms with Gasteiger partial charge in [-0.15, -0.1) is 11.3 Å². The molecule has 2 aromatic rings. The fourth-order valence-electron chi connectivity index (χ4n) is 2.65. The van der Waals surface area contributed by atoms with Crippen LogP contribution in [0.15, 0.2) is 21.9 Å². The highest BCUT2D eigenvalue weighted by atomic mass is 32.1. The van der Waals surface area contributed by atoms with E-state index in [1.807, 2.05) is 31.4 Å². The van der Waals surface area contributed by atoms with Crippen LogP contribution in [0, 0.1) is 12.8 Å². The molecule has 3 N–H and O–H groups in total. The number of nitrogens with zero attached hydrogens (tertiary/aromatic N) is 1. The number of carbonyl (C=O) groups is 1. The van der Waals surface area contributed by atoms with Crippen LogP contribution in [0.5, 0.6) is 0 Å². The van der Waals surface area contributed by atoms with Gasteiger partial charge in [0, 0.05) is 6.54 Å². The Morgan fingerprint density at radius 2 is 2.36 bits per heavy atom. The van der Waals surface area contributed by atoms with Gasteiger partial charge in [0.25, 0.3) is 0 Å². The van der Waals surface area contributed by atoms with Crippen molar-refractivity contribution in [3.8, 4) is 10.8 Å². The Labute approximate surface area is 133 Å². The van der Waals surface area contributed by atoms with Crippen LogP contribution in [-0.4, -0.2) is 23.0 Å². The Morgan fingerprint density at radius 3 is 2.95 bits per heavy atom. The zero-order valence-electron chi connectivity index (χ0n) is 12.9. The summed E-state index contributed by atoms with van der Waals surface area (Å²) in [6.07, 6.45) is 2.50. The molecule has 0 radical (unpaired) electrons. The number of hydrogen-bond donors (Lipinski definition) is 2. The molecule has 118 valence electrons. The smallest absolute Gasteiger partial charge is 0.236 e. The molecule has 1 aliphatic carbocycles. The van der Waals surface area contributed by atoms with E-state index in [9.17, 15) is 4.79 Å². The molecule has 2 aromatic heterocycles. The molecule has 1 saturated carbocycles. The molecule has 0 saturated heterocycles. The maximum absolute atomic E-state index is 12.3. The first-order valence-electron chi connectivity index (χ1n) is 7.53. The lowest BCUT2D eigenvalue weighted by atomic mass is 9.95. The van der Waals surface area contributed by atoms with Crippen molar-refractivity contribution in [3.63, 3.8) is 0 Å². The van der Waals surface area contributed by atoms with Crippen molar-refractivity contribution in [3.05, 3.63) is 29.0 Å². The van der Waals surface area contributed by atoms with E-state index in [1.165, 1.54) is 0 Å². The minimum absolute atomic E-state index is 0.0472. The molecule has 0 aromatic carbocycles. The van der Waals surface area contributed by atoms with Gasteiger partial charge in [-0.05, 0) is 44.1 Å². The largest absolute Gasteiger partial charge is 0.440 e. The van der Waals surface area contributed by atoms with Crippen molar-refractivity contribution in [1.82, 2.24) is 10.3 Å². The van der Waals surface area contributed by atoms with Crippen LogP contribution in [0.4, 0.5) is 0 Å². The van der Waals surface area contributed by atoms with Crippen LogP contribution in [0.3, 0.4) is 0 Å². The fourth-order valence-corrected chi connectivity index (χ4v) is 3.30. The Morgan fingerprint density at radius 1 is 1.59 bits per heavy atom. The first-order valence-corrected chi connectivity index (χ1v) is 8.41. The standard InChI is InChI=1S/C16H21N3O2S/c1-10-12(18-15(21-10)13-4-3-7-22-13)8-14(20)19-16(2,9-17)11-5-6-11/h3-4,7,11H,5-6,8-9,17H2,1-2H3,(H,19,20). The zero-order chi connectivity index (χ0) is 15.7. The third-order valence-corrected chi connectivity index (χ3v) is 5.14. The molecule has 3 rings (SSSR count). The maximum atomic E-state index is 12.3. The van der Waals surface area contributed by atoms with Crippen molar-refractivity contribution in [2.45, 2.75) is 38.6 Å². The van der Waals surface area contributed by atoms with E-state index in [0.717, 1.165) is 17.7 Å². The summed E-state index contributed by atoms with van der Waals surface area (Å²) in [6.45, 7) is 4.33. The molecular weight excluding hydrogens is 298 g/mol. The topological polar surface area (TPSA) is 81.2 Å². The second-order valence-electron chi connectivity index (χ2n) is 6.12. The van der Waals surface area contributed by atoms with Gasteiger partial charge in [0.1, 0.15) is 5.76 Å². The van der Waals surface area contributed by atoms with Crippen LogP contribution in [0.1, 0.15) is 31.2 Å². The molecular formula is C16H21N3O2S. The molecule has 22 heavy (non-hydrogen) atoms. The van der Waals surface area contributed by atoms with E-state index in [4.69, 9.17) is 10.2 Å². The number of nitrogens with two attached hydrogens (primary N) is 1. The highest BCUT2D eigenvalue weighted by molar-refractivity contribution is 7.13. The average molecular weight is 319 g/mol. The Balaban J connectivity index is 1.69. The third-order valence-electron chi connectivity index (χ3n) is 4.28. The van der Waals surface area contributed by atoms with E-state index in [0.29, 0.717) is 29.8 Å². The number of carbonyl (C=O) groups excluding carboxylic acids is 1. The van der Waals surface area contributed by atoms with Crippen molar-refractivity contribution < 1.29 is 9.21 Å². The Hall–Kier alpha value is -1.66. The molecule has 1 amide bonds. The SMILES string of the molecule is Cc1oc(-c2cccs2)nc1CC(=O)NC(C)(CN)C1CC1. The predicted molar refractivity (Wildman–Crippen MR) is 86.6 cm³/mol. The van der Waals surface area contributed by atoms with Gasteiger partial charge in [-0.2, -0.15) is 0 Å². The van der Waals surface area contributed by atoms with Crippen LogP contribution < -0.4 is 11.1 Å². The quantitative estimate of drug-likeness (QED) is 0.857. The van der Waals surface area contributed by atoms with Crippen LogP contribution in [-0.2, 0) is 11.2 Å². The van der Waals surface area contributed by atoms with E-state index in [-0.39, 0.29) is 17.9 Å². The van der Waals surface area contributed by atoms with E-state index in [1.54, 1.807) is 11.3 Å². The van der Waals surface area contributed by atoms with Crippen molar-refractivity contribution in [2.75, 3.05) is 6.54 Å². The van der Waals surface area contributed by atoms with E-state index >= 15 is 0 Å². The minimum Gasteiger partial charge on any atom is -0.440 e. The number of aryl methyl sites for hydroxylation is 1. The molecule has 2 heterocycles. The molecule has 0 bridgehead atoms. The van der Waals surface area contributed by atoms with Gasteiger partial charge < -0.3 is 15.5 Å². The molecule has 1 fully saturated rings. The van der Waals surface area contributed by atoms with Gasteiger partial charge in [-0.1, -0.05) is 6.07 Å². The summed E-state index contributed by atoms with van der Waals surface area (Å²) in [4.78, 5) is 17.8. The van der Waals surface area contributed by atoms with Gasteiger partial charge in [0.05, 0.1) is 22.5 Å². The summed E-state index contributed by atoms with van der Waals surface area (Å²) < 4.78 is 5.67. The lowest BCUT2D eigenvalue weighted by Gasteiger charge is -2.29. The minimum atomic E-state index is -0.300. The Kier molecular flexibility index (Phi) is 4.06. The van der Waals surface area contributed by atoms with Gasteiger partial charge in [0.15, 0.2) is 0 Å². The van der Waals surface area contributed by atoms with Crippen molar-refractivity contribution >= 4 is 17.2 Å². The highest BCUT2D eigenvalue weighted by Crippen LogP contribution is 2.39. The third kappa shape index (κ3) is 3.08. The van der Waals surface area contributed by atoms with Crippen LogP contribution in [0.25, 0.3) is 10.8 Å². The zero-order valence-corrected chi connectivity index (χ0v) is 13.7. The van der Waals surface area contributed by atoms with Crippen LogP contribution >= 0.6 is 11.3 Å². The monoisotopic (exact) mass is 319 g/mol. The molecule has 6 heteroatoms. The second-order valence-corrected chi connectivity index (χ2v) is 7.07. The Bertz CT molecular complexity index is 661. The molecule has 1 aliphatic rings. The molecule has 5 nitrogen and oxygen atoms in total. The normalized spacial score (nSPS) is 17.2. The van der Waals surface area contributed by atoms with E-state index in [2.05, 4.69) is 10.3 Å². The van der Waals surface area contributed by atoms with Gasteiger partial charge in [-0.25, -0.2) is 4.98 Å². The predicted octanol–water partition coefficient (Wildman–Crippen LogP) is 2.50. The molecule has 0 spiro atoms. The number of amides is 1. The lowest BCUT2D eigenvalue weighted by molar-refractivity contribution is -0.122. The number of hydrogen-bond acceptors (Lipinski definition) is 5. The van der Waals surface area contributed by atoms with Gasteiger partial charge >= 0.3 is 0 Å². The number of oxazole rings is 1. The number of aromatic nitrogens is 1. The molecule has 1 unspecified atom stereocenters. The number of rotatable bonds is 6. The van der Waals surface area contributed by atoms with Gasteiger partial charge in [0.2, 0.25) is 11.8 Å². The average Bonchev–Trinajstić information content (AvgIpc) is 3.10. The lowest BCUT2D eigenvalue weighted by Crippen LogP contribution is -2.53. The highest BCUT2D eigenvalue weighted by Gasteiger charge is 2.41. The fraction of sp³-hybridized carbons (Fsp3) is 0.500. The summed E-state index contributed by atoms with van der Waals surface area (Å²) in [5, 5.41) is 5.06. The molecule has 0 aliphatic heterocycles.